The van der Waals surface area contributed by atoms with E-state index < -0.39 is 13.8 Å². The second-order valence-corrected chi connectivity index (χ2v) is 8.31. The maximum atomic E-state index is 13.0. The summed E-state index contributed by atoms with van der Waals surface area (Å²) in [4.78, 5) is 37.0. The third-order valence-electron chi connectivity index (χ3n) is 4.60. The molecule has 1 atom stereocenters. The third kappa shape index (κ3) is 7.45. The summed E-state index contributed by atoms with van der Waals surface area (Å²) in [6, 6.07) is 17.5. The van der Waals surface area contributed by atoms with Crippen molar-refractivity contribution >= 4 is 19.6 Å². The summed E-state index contributed by atoms with van der Waals surface area (Å²) in [7, 11) is -3.26. The molecule has 3 aromatic carbocycles. The van der Waals surface area contributed by atoms with Crippen LogP contribution in [-0.4, -0.2) is 18.9 Å². The molecule has 3 rings (SSSR count). The number of ether oxygens (including phenoxy) is 2. The van der Waals surface area contributed by atoms with Crippen LogP contribution in [0.15, 0.2) is 66.7 Å². The van der Waals surface area contributed by atoms with Gasteiger partial charge in [0.1, 0.15) is 23.0 Å². The maximum absolute atomic E-state index is 13.0. The number of hydrogen-bond donors (Lipinski definition) is 0. The van der Waals surface area contributed by atoms with Gasteiger partial charge in [0.2, 0.25) is 0 Å². The molecule has 0 saturated carbocycles. The van der Waals surface area contributed by atoms with E-state index in [4.69, 9.17) is 18.5 Å². The molecule has 34 heavy (non-hydrogen) atoms. The van der Waals surface area contributed by atoms with Gasteiger partial charge < -0.3 is 23.4 Å². The summed E-state index contributed by atoms with van der Waals surface area (Å²) in [5, 5.41) is 0. The van der Waals surface area contributed by atoms with Crippen molar-refractivity contribution in [1.29, 1.82) is 0 Å². The number of hydrogen-bond acceptors (Lipinski definition) is 8. The largest absolute Gasteiger partial charge is 1.00 e. The number of Topliss-reactive ketones (excluding diaryl/α,β-unsaturated/α-hetero) is 1. The maximum Gasteiger partial charge on any atom is 1.00 e. The molecule has 3 aromatic rings. The van der Waals surface area contributed by atoms with Gasteiger partial charge in [0, 0.05) is 18.9 Å². The molecule has 1 unspecified atom stereocenters. The SMILES string of the molecule is COc1ccc(CC(=O)c2ccc(OP(=O)([O-])Oc3ccccc3)c(C)c2OC(C)=O)cc1.[Na+]. The van der Waals surface area contributed by atoms with Gasteiger partial charge >= 0.3 is 43.3 Å². The van der Waals surface area contributed by atoms with Gasteiger partial charge in [-0.2, -0.15) is 0 Å². The number of para-hydroxylation sites is 1. The summed E-state index contributed by atoms with van der Waals surface area (Å²) in [5.41, 5.74) is 1.02. The number of phosphoric acid groups is 1. The van der Waals surface area contributed by atoms with E-state index in [9.17, 15) is 19.0 Å². The zero-order chi connectivity index (χ0) is 24.0. The van der Waals surface area contributed by atoms with E-state index in [1.54, 1.807) is 49.6 Å². The van der Waals surface area contributed by atoms with Crippen molar-refractivity contribution in [2.24, 2.45) is 0 Å². The molecule has 0 aliphatic heterocycles. The number of carbonyl (C=O) groups is 2. The monoisotopic (exact) mass is 492 g/mol. The fourth-order valence-corrected chi connectivity index (χ4v) is 3.90. The Labute approximate surface area is 219 Å². The first-order valence-corrected chi connectivity index (χ1v) is 11.4. The Hall–Kier alpha value is -2.61. The van der Waals surface area contributed by atoms with Gasteiger partial charge in [-0.1, -0.05) is 30.3 Å². The van der Waals surface area contributed by atoms with Crippen molar-refractivity contribution in [3.8, 4) is 23.0 Å². The van der Waals surface area contributed by atoms with Crippen molar-refractivity contribution in [3.63, 3.8) is 0 Å². The Morgan fingerprint density at radius 3 is 2.15 bits per heavy atom. The Balaban J connectivity index is 0.00000408. The smallest absolute Gasteiger partial charge is 0.736 e. The van der Waals surface area contributed by atoms with Crippen LogP contribution in [0.3, 0.4) is 0 Å². The van der Waals surface area contributed by atoms with E-state index in [0.717, 1.165) is 5.56 Å². The molecule has 0 bridgehead atoms. The number of phosphoric ester groups is 1. The summed E-state index contributed by atoms with van der Waals surface area (Å²) in [5.74, 6) is -0.444. The van der Waals surface area contributed by atoms with Crippen LogP contribution in [0.1, 0.15) is 28.4 Å². The molecule has 10 heteroatoms. The molecule has 8 nitrogen and oxygen atoms in total. The molecular formula is C24H22NaO8P. The summed E-state index contributed by atoms with van der Waals surface area (Å²) >= 11 is 0. The zero-order valence-corrected chi connectivity index (χ0v) is 22.2. The average molecular weight is 492 g/mol. The number of methoxy groups -OCH3 is 1. The Morgan fingerprint density at radius 2 is 1.56 bits per heavy atom. The molecule has 0 N–H and O–H groups in total. The van der Waals surface area contributed by atoms with Crippen molar-refractivity contribution in [2.45, 2.75) is 20.3 Å². The molecular weight excluding hydrogens is 470 g/mol. The molecule has 0 fully saturated rings. The van der Waals surface area contributed by atoms with E-state index >= 15 is 0 Å². The molecule has 0 aliphatic rings. The molecule has 0 amide bonds. The van der Waals surface area contributed by atoms with Crippen molar-refractivity contribution in [1.82, 2.24) is 0 Å². The Morgan fingerprint density at radius 1 is 0.912 bits per heavy atom. The molecule has 0 heterocycles. The van der Waals surface area contributed by atoms with E-state index in [0.29, 0.717) is 5.75 Å². The Bertz CT molecular complexity index is 1200. The van der Waals surface area contributed by atoms with Crippen LogP contribution in [0, 0.1) is 6.92 Å². The predicted molar refractivity (Wildman–Crippen MR) is 119 cm³/mol. The molecule has 0 spiro atoms. The van der Waals surface area contributed by atoms with Gasteiger partial charge in [0.05, 0.1) is 12.7 Å². The first-order valence-electron chi connectivity index (χ1n) is 9.92. The predicted octanol–water partition coefficient (Wildman–Crippen LogP) is 1.28. The van der Waals surface area contributed by atoms with Crippen LogP contribution in [0.4, 0.5) is 0 Å². The number of esters is 1. The fourth-order valence-electron chi connectivity index (χ4n) is 3.04. The van der Waals surface area contributed by atoms with Crippen molar-refractivity contribution < 1.29 is 67.1 Å². The second-order valence-electron chi connectivity index (χ2n) is 7.05. The fraction of sp³-hybridized carbons (Fsp3) is 0.167. The number of benzene rings is 3. The quantitative estimate of drug-likeness (QED) is 0.144. The van der Waals surface area contributed by atoms with Gasteiger partial charge in [0.25, 0.3) is 0 Å². The van der Waals surface area contributed by atoms with E-state index in [1.165, 1.54) is 38.1 Å². The molecule has 0 aromatic heterocycles. The number of ketones is 1. The van der Waals surface area contributed by atoms with Gasteiger partial charge in [0.15, 0.2) is 5.78 Å². The molecule has 0 saturated heterocycles. The minimum absolute atomic E-state index is 0. The van der Waals surface area contributed by atoms with Crippen LogP contribution in [0.25, 0.3) is 0 Å². The second kappa shape index (κ2) is 12.2. The molecule has 172 valence electrons. The van der Waals surface area contributed by atoms with Crippen LogP contribution >= 0.6 is 7.82 Å². The minimum Gasteiger partial charge on any atom is -0.736 e. The van der Waals surface area contributed by atoms with Crippen LogP contribution in [0.2, 0.25) is 0 Å². The van der Waals surface area contributed by atoms with Crippen molar-refractivity contribution in [2.75, 3.05) is 7.11 Å². The van der Waals surface area contributed by atoms with Crippen LogP contribution in [-0.2, 0) is 15.8 Å². The van der Waals surface area contributed by atoms with Gasteiger partial charge in [-0.25, -0.2) is 4.57 Å². The molecule has 0 aliphatic carbocycles. The minimum atomic E-state index is -4.81. The summed E-state index contributed by atoms with van der Waals surface area (Å²) < 4.78 is 32.8. The van der Waals surface area contributed by atoms with Gasteiger partial charge in [-0.05, 0) is 48.9 Å². The summed E-state index contributed by atoms with van der Waals surface area (Å²) in [6.07, 6.45) is 0.0368. The van der Waals surface area contributed by atoms with E-state index in [-0.39, 0.29) is 70.1 Å². The van der Waals surface area contributed by atoms with Gasteiger partial charge in [-0.3, -0.25) is 9.59 Å². The van der Waals surface area contributed by atoms with E-state index in [2.05, 4.69) is 0 Å². The van der Waals surface area contributed by atoms with Crippen LogP contribution in [0.5, 0.6) is 23.0 Å². The van der Waals surface area contributed by atoms with Crippen LogP contribution < -0.4 is 53.0 Å². The Kier molecular flexibility index (Phi) is 9.91. The first kappa shape index (κ1) is 27.6. The van der Waals surface area contributed by atoms with E-state index in [1.807, 2.05) is 0 Å². The average Bonchev–Trinajstić information content (AvgIpc) is 2.77. The zero-order valence-electron chi connectivity index (χ0n) is 19.3. The van der Waals surface area contributed by atoms with Crippen molar-refractivity contribution in [3.05, 3.63) is 83.4 Å². The topological polar surface area (TPSA) is 111 Å². The van der Waals surface area contributed by atoms with Gasteiger partial charge in [-0.15, -0.1) is 0 Å². The summed E-state index contributed by atoms with van der Waals surface area (Å²) in [6.45, 7) is 2.67. The number of rotatable bonds is 9. The third-order valence-corrected chi connectivity index (χ3v) is 5.45. The standard InChI is InChI=1S/C24H23O8P.Na/c1-16-23(32-33(27,28)31-20-7-5-4-6-8-20)14-13-21(24(16)30-17(2)25)22(26)15-18-9-11-19(29-3)12-10-18;/h4-14H,15H2,1-3H3,(H,27,28);/q;+1/p-1. The first-order chi connectivity index (χ1) is 15.7. The number of carbonyl (C=O) groups excluding carboxylic acids is 2. The normalized spacial score (nSPS) is 12.0. The molecule has 0 radical (unpaired) electrons.